The van der Waals surface area contributed by atoms with Gasteiger partial charge in [0.1, 0.15) is 0 Å². The Labute approximate surface area is 125 Å². The van der Waals surface area contributed by atoms with Gasteiger partial charge in [0.15, 0.2) is 0 Å². The lowest BCUT2D eigenvalue weighted by Crippen LogP contribution is -2.49. The molecular weight excluding hydrogens is 298 g/mol. The van der Waals surface area contributed by atoms with Gasteiger partial charge < -0.3 is 10.6 Å². The molecule has 0 saturated carbocycles. The Balaban J connectivity index is 1.95. The molecule has 2 N–H and O–H groups in total. The molecule has 0 radical (unpaired) electrons. The summed E-state index contributed by atoms with van der Waals surface area (Å²) in [5.41, 5.74) is 6.41. The fraction of sp³-hybridized carbons (Fsp3) is 0.538. The van der Waals surface area contributed by atoms with E-state index in [1.807, 2.05) is 24.3 Å². The number of benzene rings is 1. The van der Waals surface area contributed by atoms with Gasteiger partial charge in [-0.3, -0.25) is 0 Å². The predicted molar refractivity (Wildman–Crippen MR) is 82.7 cm³/mol. The van der Waals surface area contributed by atoms with Crippen LogP contribution in [0, 0.1) is 0 Å². The minimum Gasteiger partial charge on any atom is -0.369 e. The number of anilines is 1. The van der Waals surface area contributed by atoms with E-state index in [2.05, 4.69) is 4.90 Å². The summed E-state index contributed by atoms with van der Waals surface area (Å²) in [6.07, 6.45) is 0.511. The molecule has 0 bridgehead atoms. The molecule has 20 heavy (non-hydrogen) atoms. The van der Waals surface area contributed by atoms with Crippen LogP contribution in [0.5, 0.6) is 0 Å². The van der Waals surface area contributed by atoms with Gasteiger partial charge in [-0.1, -0.05) is 17.7 Å². The molecular formula is C13H20ClN3O2S. The van der Waals surface area contributed by atoms with Gasteiger partial charge in [0.2, 0.25) is 10.0 Å². The quantitative estimate of drug-likeness (QED) is 0.884. The standard InChI is InChI=1S/C13H20ClN3O2S/c14-12-3-1-4-13(11-12)16-6-8-17(9-7-16)20(18,19)10-2-5-15/h1,3-4,11H,2,5-10,15H2. The van der Waals surface area contributed by atoms with E-state index in [4.69, 9.17) is 17.3 Å². The van der Waals surface area contributed by atoms with Crippen LogP contribution in [0.2, 0.25) is 5.02 Å². The van der Waals surface area contributed by atoms with Crippen molar-refractivity contribution in [3.05, 3.63) is 29.3 Å². The van der Waals surface area contributed by atoms with Crippen molar-refractivity contribution in [2.45, 2.75) is 6.42 Å². The topological polar surface area (TPSA) is 66.6 Å². The Bertz CT molecular complexity index is 542. The minimum atomic E-state index is -3.16. The van der Waals surface area contributed by atoms with Crippen LogP contribution in [0.3, 0.4) is 0 Å². The SMILES string of the molecule is NCCCS(=O)(=O)N1CCN(c2cccc(Cl)c2)CC1. The largest absolute Gasteiger partial charge is 0.369 e. The first-order chi connectivity index (χ1) is 9.53. The fourth-order valence-corrected chi connectivity index (χ4v) is 3.99. The van der Waals surface area contributed by atoms with E-state index >= 15 is 0 Å². The first-order valence-corrected chi connectivity index (χ1v) is 8.70. The molecule has 1 aromatic rings. The van der Waals surface area contributed by atoms with Crippen LogP contribution in [0.1, 0.15) is 6.42 Å². The zero-order valence-corrected chi connectivity index (χ0v) is 12.9. The van der Waals surface area contributed by atoms with Gasteiger partial charge in [0, 0.05) is 36.9 Å². The number of sulfonamides is 1. The number of hydrogen-bond acceptors (Lipinski definition) is 4. The van der Waals surface area contributed by atoms with E-state index < -0.39 is 10.0 Å². The van der Waals surface area contributed by atoms with Crippen molar-refractivity contribution in [1.29, 1.82) is 0 Å². The van der Waals surface area contributed by atoms with Crippen LogP contribution in [-0.4, -0.2) is 51.2 Å². The Hall–Kier alpha value is -0.820. The van der Waals surface area contributed by atoms with Gasteiger partial charge in [-0.05, 0) is 31.2 Å². The molecule has 2 rings (SSSR count). The monoisotopic (exact) mass is 317 g/mol. The van der Waals surface area contributed by atoms with Crippen molar-refractivity contribution in [3.63, 3.8) is 0 Å². The molecule has 7 heteroatoms. The second-order valence-electron chi connectivity index (χ2n) is 4.82. The van der Waals surface area contributed by atoms with Crippen LogP contribution in [0.25, 0.3) is 0 Å². The molecule has 1 aliphatic heterocycles. The van der Waals surface area contributed by atoms with Crippen LogP contribution < -0.4 is 10.6 Å². The summed E-state index contributed by atoms with van der Waals surface area (Å²) in [6.45, 7) is 2.80. The van der Waals surface area contributed by atoms with Crippen molar-refractivity contribution in [1.82, 2.24) is 4.31 Å². The Morgan fingerprint density at radius 3 is 2.50 bits per heavy atom. The highest BCUT2D eigenvalue weighted by molar-refractivity contribution is 7.89. The number of nitrogens with zero attached hydrogens (tertiary/aromatic N) is 2. The number of hydrogen-bond donors (Lipinski definition) is 1. The first-order valence-electron chi connectivity index (χ1n) is 6.71. The van der Waals surface area contributed by atoms with Crippen molar-refractivity contribution in [2.24, 2.45) is 5.73 Å². The highest BCUT2D eigenvalue weighted by atomic mass is 35.5. The highest BCUT2D eigenvalue weighted by Gasteiger charge is 2.26. The molecule has 1 aliphatic rings. The van der Waals surface area contributed by atoms with E-state index in [1.54, 1.807) is 4.31 Å². The normalized spacial score (nSPS) is 17.4. The van der Waals surface area contributed by atoms with Crippen molar-refractivity contribution in [2.75, 3.05) is 43.4 Å². The van der Waals surface area contributed by atoms with Crippen LogP contribution in [0.4, 0.5) is 5.69 Å². The maximum absolute atomic E-state index is 12.1. The van der Waals surface area contributed by atoms with Gasteiger partial charge in [-0.15, -0.1) is 0 Å². The van der Waals surface area contributed by atoms with Gasteiger partial charge in [-0.25, -0.2) is 8.42 Å². The molecule has 0 spiro atoms. The van der Waals surface area contributed by atoms with Gasteiger partial charge in [0.05, 0.1) is 5.75 Å². The van der Waals surface area contributed by atoms with Gasteiger partial charge in [0.25, 0.3) is 0 Å². The molecule has 5 nitrogen and oxygen atoms in total. The lowest BCUT2D eigenvalue weighted by molar-refractivity contribution is 0.384. The van der Waals surface area contributed by atoms with E-state index in [1.165, 1.54) is 0 Å². The van der Waals surface area contributed by atoms with E-state index in [0.717, 1.165) is 5.69 Å². The second-order valence-corrected chi connectivity index (χ2v) is 7.35. The lowest BCUT2D eigenvalue weighted by Gasteiger charge is -2.35. The highest BCUT2D eigenvalue weighted by Crippen LogP contribution is 2.21. The second kappa shape index (κ2) is 6.76. The molecule has 1 saturated heterocycles. The summed E-state index contributed by atoms with van der Waals surface area (Å²) >= 11 is 5.98. The summed E-state index contributed by atoms with van der Waals surface area (Å²) in [4.78, 5) is 2.15. The maximum Gasteiger partial charge on any atom is 0.214 e. The van der Waals surface area contributed by atoms with Crippen molar-refractivity contribution >= 4 is 27.3 Å². The predicted octanol–water partition coefficient (Wildman–Crippen LogP) is 1.14. The third-order valence-electron chi connectivity index (χ3n) is 3.41. The summed E-state index contributed by atoms with van der Waals surface area (Å²) in [5.74, 6) is 0.140. The average molecular weight is 318 g/mol. The molecule has 0 amide bonds. The summed E-state index contributed by atoms with van der Waals surface area (Å²) in [5, 5.41) is 0.695. The zero-order valence-electron chi connectivity index (χ0n) is 11.3. The van der Waals surface area contributed by atoms with Crippen LogP contribution in [0.15, 0.2) is 24.3 Å². The molecule has 1 aromatic carbocycles. The Kier molecular flexibility index (Phi) is 5.26. The molecule has 112 valence electrons. The minimum absolute atomic E-state index is 0.140. The van der Waals surface area contributed by atoms with E-state index in [9.17, 15) is 8.42 Å². The smallest absolute Gasteiger partial charge is 0.214 e. The number of halogens is 1. The lowest BCUT2D eigenvalue weighted by atomic mass is 10.2. The molecule has 1 fully saturated rings. The average Bonchev–Trinajstić information content (AvgIpc) is 2.45. The number of piperazine rings is 1. The van der Waals surface area contributed by atoms with Crippen LogP contribution in [-0.2, 0) is 10.0 Å². The third kappa shape index (κ3) is 3.85. The first kappa shape index (κ1) is 15.6. The third-order valence-corrected chi connectivity index (χ3v) is 5.60. The summed E-state index contributed by atoms with van der Waals surface area (Å²) in [6, 6.07) is 7.63. The molecule has 0 aromatic heterocycles. The van der Waals surface area contributed by atoms with Gasteiger partial charge >= 0.3 is 0 Å². The Morgan fingerprint density at radius 1 is 1.20 bits per heavy atom. The fourth-order valence-electron chi connectivity index (χ4n) is 2.29. The molecule has 0 atom stereocenters. The molecule has 0 unspecified atom stereocenters. The van der Waals surface area contributed by atoms with Crippen molar-refractivity contribution in [3.8, 4) is 0 Å². The van der Waals surface area contributed by atoms with E-state index in [-0.39, 0.29) is 5.75 Å². The molecule has 0 aliphatic carbocycles. The maximum atomic E-state index is 12.1. The Morgan fingerprint density at radius 2 is 1.90 bits per heavy atom. The van der Waals surface area contributed by atoms with E-state index in [0.29, 0.717) is 44.2 Å². The zero-order chi connectivity index (χ0) is 14.6. The number of nitrogens with two attached hydrogens (primary N) is 1. The van der Waals surface area contributed by atoms with Gasteiger partial charge in [-0.2, -0.15) is 4.31 Å². The van der Waals surface area contributed by atoms with Crippen LogP contribution >= 0.6 is 11.6 Å². The summed E-state index contributed by atoms with van der Waals surface area (Å²) in [7, 11) is -3.16. The van der Waals surface area contributed by atoms with Crippen molar-refractivity contribution < 1.29 is 8.42 Å². The number of rotatable bonds is 5. The summed E-state index contributed by atoms with van der Waals surface area (Å²) < 4.78 is 25.7. The molecule has 1 heterocycles.